The van der Waals surface area contributed by atoms with Gasteiger partial charge in [0, 0.05) is 10.9 Å². The van der Waals surface area contributed by atoms with E-state index >= 15 is 0 Å². The van der Waals surface area contributed by atoms with Crippen molar-refractivity contribution in [1.82, 2.24) is 4.72 Å². The normalized spacial score (nSPS) is 23.3. The number of thiophene rings is 1. The number of aliphatic hydroxyl groups excluding tert-OH is 1. The molecule has 0 saturated heterocycles. The van der Waals surface area contributed by atoms with Gasteiger partial charge in [0.05, 0.1) is 10.4 Å². The highest BCUT2D eigenvalue weighted by Gasteiger charge is 2.39. The van der Waals surface area contributed by atoms with E-state index in [0.29, 0.717) is 14.6 Å². The van der Waals surface area contributed by atoms with Crippen LogP contribution in [0.3, 0.4) is 0 Å². The molecule has 0 aliphatic heterocycles. The Morgan fingerprint density at radius 1 is 1.61 bits per heavy atom. The molecular formula is C11H16BrNO3S2. The van der Waals surface area contributed by atoms with Gasteiger partial charge in [-0.2, -0.15) is 0 Å². The minimum atomic E-state index is -3.47. The molecule has 1 aliphatic carbocycles. The van der Waals surface area contributed by atoms with Gasteiger partial charge in [0.25, 0.3) is 0 Å². The maximum atomic E-state index is 12.2. The Bertz CT molecular complexity index is 526. The Kier molecular flexibility index (Phi) is 4.48. The van der Waals surface area contributed by atoms with Crippen LogP contribution in [0.4, 0.5) is 0 Å². The fraction of sp³-hybridized carbons (Fsp3) is 0.636. The van der Waals surface area contributed by atoms with Gasteiger partial charge in [-0.15, -0.1) is 11.3 Å². The molecule has 2 rings (SSSR count). The van der Waals surface area contributed by atoms with Crippen molar-refractivity contribution >= 4 is 37.3 Å². The van der Waals surface area contributed by atoms with Crippen molar-refractivity contribution in [1.29, 1.82) is 0 Å². The zero-order valence-corrected chi connectivity index (χ0v) is 13.2. The Morgan fingerprint density at radius 2 is 2.33 bits per heavy atom. The summed E-state index contributed by atoms with van der Waals surface area (Å²) in [6.45, 7) is 1.97. The van der Waals surface area contributed by atoms with E-state index in [4.69, 9.17) is 5.11 Å². The lowest BCUT2D eigenvalue weighted by Crippen LogP contribution is -2.27. The van der Waals surface area contributed by atoms with Crippen molar-refractivity contribution in [2.45, 2.75) is 43.7 Å². The number of sulfonamides is 1. The van der Waals surface area contributed by atoms with Gasteiger partial charge in [-0.3, -0.25) is 0 Å². The third-order valence-electron chi connectivity index (χ3n) is 3.04. The summed E-state index contributed by atoms with van der Waals surface area (Å²) in [6.07, 6.45) is 3.08. The van der Waals surface area contributed by atoms with Crippen molar-refractivity contribution in [2.75, 3.05) is 0 Å². The van der Waals surface area contributed by atoms with Crippen LogP contribution in [0.1, 0.15) is 31.1 Å². The minimum absolute atomic E-state index is 0.0827. The molecule has 0 spiro atoms. The first-order valence-electron chi connectivity index (χ1n) is 5.89. The Labute approximate surface area is 120 Å². The summed E-state index contributed by atoms with van der Waals surface area (Å²) in [4.78, 5) is 0.877. The second-order valence-corrected chi connectivity index (χ2v) is 8.66. The van der Waals surface area contributed by atoms with Gasteiger partial charge in [-0.05, 0) is 40.8 Å². The Balaban J connectivity index is 2.09. The van der Waals surface area contributed by atoms with Gasteiger partial charge in [0.15, 0.2) is 0 Å². The van der Waals surface area contributed by atoms with Crippen LogP contribution in [0, 0.1) is 5.92 Å². The zero-order valence-electron chi connectivity index (χ0n) is 10.0. The number of rotatable bonds is 6. The molecule has 18 heavy (non-hydrogen) atoms. The smallest absolute Gasteiger partial charge is 0.242 e. The molecule has 1 aliphatic rings. The van der Waals surface area contributed by atoms with E-state index in [2.05, 4.69) is 27.6 Å². The molecule has 1 aromatic heterocycles. The molecule has 4 nitrogen and oxygen atoms in total. The number of aliphatic hydroxyl groups is 1. The topological polar surface area (TPSA) is 66.4 Å². The summed E-state index contributed by atoms with van der Waals surface area (Å²) in [7, 11) is -3.47. The van der Waals surface area contributed by atoms with Gasteiger partial charge in [-0.1, -0.05) is 13.3 Å². The van der Waals surface area contributed by atoms with Crippen LogP contribution >= 0.6 is 27.3 Å². The van der Waals surface area contributed by atoms with Crippen LogP contribution in [-0.2, 0) is 16.6 Å². The third-order valence-corrected chi connectivity index (χ3v) is 6.77. The molecule has 7 heteroatoms. The maximum Gasteiger partial charge on any atom is 0.242 e. The number of nitrogens with one attached hydrogen (secondary N) is 1. The minimum Gasteiger partial charge on any atom is -0.391 e. The molecule has 1 heterocycles. The molecule has 1 aromatic rings. The van der Waals surface area contributed by atoms with E-state index < -0.39 is 10.0 Å². The second kappa shape index (κ2) is 5.58. The van der Waals surface area contributed by atoms with Gasteiger partial charge in [0.1, 0.15) is 4.90 Å². The quantitative estimate of drug-likeness (QED) is 0.825. The largest absolute Gasteiger partial charge is 0.391 e. The standard InChI is InChI=1S/C11H16BrNO3S2/c1-2-3-7-4-9(7)13-18(15,16)10-5-8(6-14)17-11(10)12/h5,7,9,13-14H,2-4,6H2,1H3. The van der Waals surface area contributed by atoms with Crippen LogP contribution in [0.5, 0.6) is 0 Å². The summed E-state index contributed by atoms with van der Waals surface area (Å²) in [6, 6.07) is 1.60. The van der Waals surface area contributed by atoms with E-state index in [9.17, 15) is 8.42 Å². The van der Waals surface area contributed by atoms with Crippen molar-refractivity contribution in [3.05, 3.63) is 14.7 Å². The van der Waals surface area contributed by atoms with Crippen LogP contribution in [0.25, 0.3) is 0 Å². The SMILES string of the molecule is CCCC1CC1NS(=O)(=O)c1cc(CO)sc1Br. The average Bonchev–Trinajstić information content (AvgIpc) is 2.88. The molecule has 0 aromatic carbocycles. The predicted molar refractivity (Wildman–Crippen MR) is 75.1 cm³/mol. The molecule has 1 fully saturated rings. The van der Waals surface area contributed by atoms with E-state index in [1.165, 1.54) is 17.4 Å². The van der Waals surface area contributed by atoms with E-state index in [1.54, 1.807) is 0 Å². The third kappa shape index (κ3) is 3.14. The van der Waals surface area contributed by atoms with Crippen molar-refractivity contribution in [2.24, 2.45) is 5.92 Å². The molecule has 0 radical (unpaired) electrons. The monoisotopic (exact) mass is 353 g/mol. The summed E-state index contributed by atoms with van der Waals surface area (Å²) >= 11 is 4.49. The summed E-state index contributed by atoms with van der Waals surface area (Å²) in [5.74, 6) is 0.486. The van der Waals surface area contributed by atoms with Crippen molar-refractivity contribution in [3.63, 3.8) is 0 Å². The molecule has 2 N–H and O–H groups in total. The van der Waals surface area contributed by atoms with Gasteiger partial charge in [-0.25, -0.2) is 13.1 Å². The van der Waals surface area contributed by atoms with Gasteiger partial charge in [0.2, 0.25) is 10.0 Å². The molecule has 0 bridgehead atoms. The van der Waals surface area contributed by atoms with Crippen LogP contribution in [0.2, 0.25) is 0 Å². The van der Waals surface area contributed by atoms with E-state index in [-0.39, 0.29) is 17.5 Å². The fourth-order valence-electron chi connectivity index (χ4n) is 2.00. The molecular weight excluding hydrogens is 338 g/mol. The highest BCUT2D eigenvalue weighted by Crippen LogP contribution is 2.37. The summed E-state index contributed by atoms with van der Waals surface area (Å²) in [5.41, 5.74) is 0. The summed E-state index contributed by atoms with van der Waals surface area (Å²) < 4.78 is 27.6. The van der Waals surface area contributed by atoms with E-state index in [1.807, 2.05) is 0 Å². The van der Waals surface area contributed by atoms with Crippen molar-refractivity contribution in [3.8, 4) is 0 Å². The van der Waals surface area contributed by atoms with Gasteiger partial charge < -0.3 is 5.11 Å². The first-order chi connectivity index (χ1) is 8.47. The zero-order chi connectivity index (χ0) is 13.3. The molecule has 102 valence electrons. The molecule has 1 saturated carbocycles. The maximum absolute atomic E-state index is 12.2. The fourth-order valence-corrected chi connectivity index (χ4v) is 5.86. The highest BCUT2D eigenvalue weighted by atomic mass is 79.9. The molecule has 2 unspecified atom stereocenters. The first-order valence-corrected chi connectivity index (χ1v) is 8.98. The van der Waals surface area contributed by atoms with Gasteiger partial charge >= 0.3 is 0 Å². The summed E-state index contributed by atoms with van der Waals surface area (Å²) in [5, 5.41) is 9.02. The van der Waals surface area contributed by atoms with Crippen LogP contribution in [-0.4, -0.2) is 19.6 Å². The van der Waals surface area contributed by atoms with E-state index in [0.717, 1.165) is 19.3 Å². The Hall–Kier alpha value is 0.0500. The molecule has 2 atom stereocenters. The highest BCUT2D eigenvalue weighted by molar-refractivity contribution is 9.11. The van der Waals surface area contributed by atoms with Crippen molar-refractivity contribution < 1.29 is 13.5 Å². The number of hydrogen-bond donors (Lipinski definition) is 2. The first kappa shape index (κ1) is 14.5. The lowest BCUT2D eigenvalue weighted by molar-refractivity contribution is 0.285. The molecule has 0 amide bonds. The second-order valence-electron chi connectivity index (χ2n) is 4.52. The number of halogens is 1. The number of hydrogen-bond acceptors (Lipinski definition) is 4. The predicted octanol–water partition coefficient (Wildman–Crippen LogP) is 2.47. The Morgan fingerprint density at radius 3 is 2.89 bits per heavy atom. The van der Waals surface area contributed by atoms with Crippen LogP contribution in [0.15, 0.2) is 14.7 Å². The average molecular weight is 354 g/mol. The lowest BCUT2D eigenvalue weighted by atomic mass is 10.2. The van der Waals surface area contributed by atoms with Crippen LogP contribution < -0.4 is 4.72 Å². The lowest BCUT2D eigenvalue weighted by Gasteiger charge is -2.04.